The first-order valence-electron chi connectivity index (χ1n) is 9.83. The van der Waals surface area contributed by atoms with Crippen molar-refractivity contribution < 1.29 is 0 Å². The molecule has 0 aromatic carbocycles. The van der Waals surface area contributed by atoms with Crippen LogP contribution in [0.15, 0.2) is 55.0 Å². The zero-order valence-corrected chi connectivity index (χ0v) is 18.1. The van der Waals surface area contributed by atoms with E-state index in [1.54, 1.807) is 5.32 Å². The molecule has 5 heteroatoms. The van der Waals surface area contributed by atoms with Crippen LogP contribution in [0, 0.1) is 0 Å². The number of pyridine rings is 2. The second-order valence-electron chi connectivity index (χ2n) is 7.17. The standard InChI is InChI=1S/C14H22N2Si.C8H8N2/c1-5-17(6-2,7-3)14-11-12-13(16(14)4)9-8-10-15-12;1-10-6-4-7-8(10)3-2-5-9-7/h8-11H,5-7H2,1-4H3;2-6H,1H3. The minimum Gasteiger partial charge on any atom is -0.350 e. The van der Waals surface area contributed by atoms with E-state index in [0.717, 1.165) is 11.0 Å². The number of aryl methyl sites for hydroxylation is 2. The van der Waals surface area contributed by atoms with Gasteiger partial charge in [-0.25, -0.2) is 0 Å². The monoisotopic (exact) mass is 378 g/mol. The van der Waals surface area contributed by atoms with Crippen molar-refractivity contribution >= 4 is 35.5 Å². The fraction of sp³-hybridized carbons (Fsp3) is 0.364. The largest absolute Gasteiger partial charge is 0.350 e. The first-order valence-corrected chi connectivity index (χ1v) is 12.5. The molecule has 27 heavy (non-hydrogen) atoms. The summed E-state index contributed by atoms with van der Waals surface area (Å²) in [5, 5.41) is 1.57. The van der Waals surface area contributed by atoms with Gasteiger partial charge in [-0.15, -0.1) is 0 Å². The number of hydrogen-bond acceptors (Lipinski definition) is 2. The molecule has 4 aromatic heterocycles. The molecule has 0 spiro atoms. The van der Waals surface area contributed by atoms with Crippen LogP contribution in [0.4, 0.5) is 0 Å². The zero-order valence-electron chi connectivity index (χ0n) is 17.1. The lowest BCUT2D eigenvalue weighted by atomic mass is 10.4. The van der Waals surface area contributed by atoms with Crippen LogP contribution in [-0.4, -0.2) is 27.2 Å². The van der Waals surface area contributed by atoms with Crippen molar-refractivity contribution in [3.05, 3.63) is 55.0 Å². The summed E-state index contributed by atoms with van der Waals surface area (Å²) in [7, 11) is 2.92. The minimum atomic E-state index is -1.30. The predicted octanol–water partition coefficient (Wildman–Crippen LogP) is 4.86. The maximum atomic E-state index is 4.48. The Hall–Kier alpha value is -2.40. The highest BCUT2D eigenvalue weighted by atomic mass is 28.3. The Bertz CT molecular complexity index is 1020. The molecule has 0 fully saturated rings. The van der Waals surface area contributed by atoms with Crippen LogP contribution in [0.5, 0.6) is 0 Å². The van der Waals surface area contributed by atoms with Crippen molar-refractivity contribution in [1.82, 2.24) is 19.1 Å². The van der Waals surface area contributed by atoms with Gasteiger partial charge in [0.15, 0.2) is 0 Å². The molecule has 0 aliphatic rings. The molecule has 0 amide bonds. The van der Waals surface area contributed by atoms with Crippen molar-refractivity contribution in [3.63, 3.8) is 0 Å². The summed E-state index contributed by atoms with van der Waals surface area (Å²) in [5.74, 6) is 0. The first-order chi connectivity index (χ1) is 13.1. The van der Waals surface area contributed by atoms with Crippen LogP contribution < -0.4 is 5.32 Å². The minimum absolute atomic E-state index is 1.06. The van der Waals surface area contributed by atoms with Crippen LogP contribution in [0.25, 0.3) is 22.1 Å². The van der Waals surface area contributed by atoms with Gasteiger partial charge >= 0.3 is 0 Å². The molecule has 0 radical (unpaired) electrons. The smallest absolute Gasteiger partial charge is 0.107 e. The lowest BCUT2D eigenvalue weighted by Crippen LogP contribution is -2.48. The molecule has 0 atom stereocenters. The second kappa shape index (κ2) is 8.09. The molecule has 0 aliphatic heterocycles. The SMILES string of the molecule is CC[Si](CC)(CC)c1cc2ncccc2n1C.Cn1ccc2ncccc21. The lowest BCUT2D eigenvalue weighted by molar-refractivity contribution is 0.968. The van der Waals surface area contributed by atoms with Crippen LogP contribution in [0.2, 0.25) is 18.1 Å². The number of fused-ring (bicyclic) bond motifs is 2. The van der Waals surface area contributed by atoms with Gasteiger partial charge in [0.1, 0.15) is 8.07 Å². The third-order valence-corrected chi connectivity index (χ3v) is 11.7. The second-order valence-corrected chi connectivity index (χ2v) is 12.4. The molecule has 4 nitrogen and oxygen atoms in total. The highest BCUT2D eigenvalue weighted by Gasteiger charge is 2.32. The topological polar surface area (TPSA) is 35.6 Å². The molecular formula is C22H30N4Si. The number of hydrogen-bond donors (Lipinski definition) is 0. The van der Waals surface area contributed by atoms with E-state index < -0.39 is 8.07 Å². The number of rotatable bonds is 4. The molecule has 0 aliphatic carbocycles. The molecular weight excluding hydrogens is 348 g/mol. The van der Waals surface area contributed by atoms with Crippen molar-refractivity contribution in [2.45, 2.75) is 38.9 Å². The summed E-state index contributed by atoms with van der Waals surface area (Å²) in [5.41, 5.74) is 4.67. The van der Waals surface area contributed by atoms with Gasteiger partial charge in [-0.3, -0.25) is 9.97 Å². The summed E-state index contributed by atoms with van der Waals surface area (Å²) in [4.78, 5) is 8.66. The van der Waals surface area contributed by atoms with E-state index in [4.69, 9.17) is 0 Å². The molecule has 0 N–H and O–H groups in total. The molecule has 4 aromatic rings. The summed E-state index contributed by atoms with van der Waals surface area (Å²) in [6.45, 7) is 7.05. The molecule has 0 saturated carbocycles. The van der Waals surface area contributed by atoms with Gasteiger partial charge < -0.3 is 9.13 Å². The highest BCUT2D eigenvalue weighted by Crippen LogP contribution is 2.23. The van der Waals surface area contributed by atoms with Gasteiger partial charge in [-0.05, 0) is 36.4 Å². The molecule has 0 bridgehead atoms. The Morgan fingerprint density at radius 1 is 0.815 bits per heavy atom. The van der Waals surface area contributed by atoms with E-state index in [0.29, 0.717) is 0 Å². The van der Waals surface area contributed by atoms with E-state index in [1.165, 1.54) is 29.2 Å². The maximum absolute atomic E-state index is 4.48. The van der Waals surface area contributed by atoms with Gasteiger partial charge in [-0.2, -0.15) is 0 Å². The van der Waals surface area contributed by atoms with E-state index in [-0.39, 0.29) is 0 Å². The number of nitrogens with zero attached hydrogens (tertiary/aromatic N) is 4. The third-order valence-electron chi connectivity index (χ3n) is 6.04. The van der Waals surface area contributed by atoms with E-state index in [9.17, 15) is 0 Å². The Balaban J connectivity index is 0.000000177. The quantitative estimate of drug-likeness (QED) is 0.475. The van der Waals surface area contributed by atoms with E-state index >= 15 is 0 Å². The fourth-order valence-electron chi connectivity index (χ4n) is 4.06. The summed E-state index contributed by atoms with van der Waals surface area (Å²) >= 11 is 0. The van der Waals surface area contributed by atoms with Gasteiger partial charge in [0.2, 0.25) is 0 Å². The Morgan fingerprint density at radius 3 is 1.96 bits per heavy atom. The number of aromatic nitrogens is 4. The van der Waals surface area contributed by atoms with Gasteiger partial charge in [0, 0.05) is 38.0 Å². The molecule has 0 saturated heterocycles. The first kappa shape index (κ1) is 19.4. The molecule has 4 rings (SSSR count). The maximum Gasteiger partial charge on any atom is 0.107 e. The predicted molar refractivity (Wildman–Crippen MR) is 118 cm³/mol. The molecule has 0 unspecified atom stereocenters. The van der Waals surface area contributed by atoms with Crippen LogP contribution in [-0.2, 0) is 14.1 Å². The van der Waals surface area contributed by atoms with Gasteiger partial charge in [0.25, 0.3) is 0 Å². The normalized spacial score (nSPS) is 11.6. The summed E-state index contributed by atoms with van der Waals surface area (Å²) in [6.07, 6.45) is 5.71. The Kier molecular flexibility index (Phi) is 5.80. The highest BCUT2D eigenvalue weighted by molar-refractivity contribution is 6.91. The Labute approximate surface area is 162 Å². The average molecular weight is 379 g/mol. The van der Waals surface area contributed by atoms with Crippen LogP contribution in [0.1, 0.15) is 20.8 Å². The van der Waals surface area contributed by atoms with Crippen LogP contribution >= 0.6 is 0 Å². The van der Waals surface area contributed by atoms with Crippen molar-refractivity contribution in [2.24, 2.45) is 14.1 Å². The van der Waals surface area contributed by atoms with Crippen LogP contribution in [0.3, 0.4) is 0 Å². The fourth-order valence-corrected chi connectivity index (χ4v) is 7.92. The van der Waals surface area contributed by atoms with E-state index in [1.807, 2.05) is 43.8 Å². The summed E-state index contributed by atoms with van der Waals surface area (Å²) in [6, 6.07) is 16.5. The van der Waals surface area contributed by atoms with Crippen molar-refractivity contribution in [2.75, 3.05) is 0 Å². The third kappa shape index (κ3) is 3.56. The van der Waals surface area contributed by atoms with Gasteiger partial charge in [0.05, 0.1) is 22.1 Å². The van der Waals surface area contributed by atoms with Crippen molar-refractivity contribution in [3.8, 4) is 0 Å². The average Bonchev–Trinajstić information content (AvgIpc) is 3.26. The summed E-state index contributed by atoms with van der Waals surface area (Å²) < 4.78 is 4.44. The molecule has 4 heterocycles. The molecule has 142 valence electrons. The van der Waals surface area contributed by atoms with E-state index in [2.05, 4.69) is 65.1 Å². The Morgan fingerprint density at radius 2 is 1.41 bits per heavy atom. The zero-order chi connectivity index (χ0) is 19.4. The van der Waals surface area contributed by atoms with Crippen molar-refractivity contribution in [1.29, 1.82) is 0 Å². The lowest BCUT2D eigenvalue weighted by Gasteiger charge is -2.28. The van der Waals surface area contributed by atoms with Gasteiger partial charge in [-0.1, -0.05) is 38.9 Å².